The molecule has 1 aromatic carbocycles. The molecule has 3 unspecified atom stereocenters. The molecule has 118 valence electrons. The monoisotopic (exact) mass is 333 g/mol. The summed E-state index contributed by atoms with van der Waals surface area (Å²) in [4.78, 5) is 11.9. The van der Waals surface area contributed by atoms with Gasteiger partial charge in [-0.3, -0.25) is 4.79 Å². The molecule has 6 heteroatoms. The highest BCUT2D eigenvalue weighted by atomic mass is 35.5. The van der Waals surface area contributed by atoms with E-state index in [1.165, 1.54) is 0 Å². The van der Waals surface area contributed by atoms with Gasteiger partial charge in [0.05, 0.1) is 6.10 Å². The fourth-order valence-corrected chi connectivity index (χ4v) is 2.44. The number of benzene rings is 1. The minimum Gasteiger partial charge on any atom is -0.481 e. The molecule has 0 saturated heterocycles. The van der Waals surface area contributed by atoms with Gasteiger partial charge in [0, 0.05) is 16.6 Å². The van der Waals surface area contributed by atoms with Crippen LogP contribution >= 0.6 is 23.2 Å². The Bertz CT molecular complexity index is 460. The predicted octanol–water partition coefficient (Wildman–Crippen LogP) is 3.28. The number of amides is 1. The number of ether oxygens (including phenoxy) is 1. The van der Waals surface area contributed by atoms with Gasteiger partial charge < -0.3 is 15.2 Å². The predicted molar refractivity (Wildman–Crippen MR) is 85.0 cm³/mol. The summed E-state index contributed by atoms with van der Waals surface area (Å²) in [5.41, 5.74) is 0. The Balaban J connectivity index is 2.47. The van der Waals surface area contributed by atoms with Crippen LogP contribution in [-0.4, -0.2) is 29.8 Å². The fraction of sp³-hybridized carbons (Fsp3) is 0.533. The Hall–Kier alpha value is -0.970. The molecular weight excluding hydrogens is 313 g/mol. The molecule has 0 radical (unpaired) electrons. The fourth-order valence-electron chi connectivity index (χ4n) is 1.94. The van der Waals surface area contributed by atoms with Gasteiger partial charge in [0.2, 0.25) is 0 Å². The van der Waals surface area contributed by atoms with E-state index >= 15 is 0 Å². The van der Waals surface area contributed by atoms with Gasteiger partial charge in [0.25, 0.3) is 5.91 Å². The van der Waals surface area contributed by atoms with Crippen LogP contribution in [0.25, 0.3) is 0 Å². The van der Waals surface area contributed by atoms with Crippen molar-refractivity contribution in [3.05, 3.63) is 28.2 Å². The van der Waals surface area contributed by atoms with E-state index in [1.54, 1.807) is 32.0 Å². The molecule has 2 N–H and O–H groups in total. The highest BCUT2D eigenvalue weighted by Crippen LogP contribution is 2.24. The van der Waals surface area contributed by atoms with Crippen molar-refractivity contribution in [2.45, 2.75) is 39.4 Å². The van der Waals surface area contributed by atoms with E-state index < -0.39 is 6.10 Å². The molecule has 0 spiro atoms. The number of hydrogen-bond acceptors (Lipinski definition) is 3. The third kappa shape index (κ3) is 7.02. The zero-order chi connectivity index (χ0) is 16.0. The summed E-state index contributed by atoms with van der Waals surface area (Å²) in [6, 6.07) is 4.80. The van der Waals surface area contributed by atoms with Crippen LogP contribution in [0.1, 0.15) is 27.2 Å². The molecule has 1 aromatic rings. The van der Waals surface area contributed by atoms with E-state index in [0.29, 0.717) is 28.8 Å². The number of carbonyl (C=O) groups is 1. The Morgan fingerprint density at radius 1 is 1.24 bits per heavy atom. The lowest BCUT2D eigenvalue weighted by atomic mass is 10.0. The summed E-state index contributed by atoms with van der Waals surface area (Å²) in [5, 5.41) is 13.0. The van der Waals surface area contributed by atoms with Crippen LogP contribution in [0.4, 0.5) is 0 Å². The number of aliphatic hydroxyl groups is 1. The molecule has 0 aliphatic heterocycles. The lowest BCUT2D eigenvalue weighted by Gasteiger charge is -2.18. The van der Waals surface area contributed by atoms with Crippen molar-refractivity contribution in [2.75, 3.05) is 6.54 Å². The zero-order valence-corrected chi connectivity index (χ0v) is 13.9. The van der Waals surface area contributed by atoms with Crippen LogP contribution in [0.3, 0.4) is 0 Å². The lowest BCUT2D eigenvalue weighted by Crippen LogP contribution is -2.38. The first-order valence-corrected chi connectivity index (χ1v) is 7.62. The summed E-state index contributed by atoms with van der Waals surface area (Å²) in [6.07, 6.45) is -0.392. The Morgan fingerprint density at radius 2 is 1.81 bits per heavy atom. The number of hydrogen-bond donors (Lipinski definition) is 2. The molecule has 0 fully saturated rings. The first-order chi connectivity index (χ1) is 9.77. The van der Waals surface area contributed by atoms with Gasteiger partial charge in [-0.2, -0.15) is 0 Å². The second-order valence-electron chi connectivity index (χ2n) is 5.30. The minimum absolute atomic E-state index is 0.196. The third-order valence-corrected chi connectivity index (χ3v) is 3.32. The van der Waals surface area contributed by atoms with Gasteiger partial charge in [-0.1, -0.05) is 30.1 Å². The van der Waals surface area contributed by atoms with Gasteiger partial charge in [0.15, 0.2) is 6.10 Å². The Kier molecular flexibility index (Phi) is 7.29. The number of halogens is 2. The SMILES string of the molecule is CC(O)CC(C)CNC(=O)C(C)Oc1cc(Cl)cc(Cl)c1. The van der Waals surface area contributed by atoms with Crippen LogP contribution in [0.15, 0.2) is 18.2 Å². The van der Waals surface area contributed by atoms with Crippen molar-refractivity contribution >= 4 is 29.1 Å². The van der Waals surface area contributed by atoms with Gasteiger partial charge in [-0.25, -0.2) is 0 Å². The van der Waals surface area contributed by atoms with Crippen molar-refractivity contribution in [1.29, 1.82) is 0 Å². The average Bonchev–Trinajstić information content (AvgIpc) is 2.33. The minimum atomic E-state index is -0.654. The molecule has 21 heavy (non-hydrogen) atoms. The van der Waals surface area contributed by atoms with E-state index in [2.05, 4.69) is 5.32 Å². The molecule has 0 aliphatic rings. The molecule has 0 saturated carbocycles. The normalized spacial score (nSPS) is 15.1. The van der Waals surface area contributed by atoms with Crippen LogP contribution in [0.5, 0.6) is 5.75 Å². The molecule has 4 nitrogen and oxygen atoms in total. The molecule has 0 heterocycles. The third-order valence-electron chi connectivity index (χ3n) is 2.89. The van der Waals surface area contributed by atoms with E-state index in [4.69, 9.17) is 27.9 Å². The van der Waals surface area contributed by atoms with Gasteiger partial charge in [-0.15, -0.1) is 0 Å². The van der Waals surface area contributed by atoms with Gasteiger partial charge in [-0.05, 0) is 44.4 Å². The molecule has 3 atom stereocenters. The number of nitrogens with one attached hydrogen (secondary N) is 1. The maximum absolute atomic E-state index is 11.9. The van der Waals surface area contributed by atoms with Crippen molar-refractivity contribution in [1.82, 2.24) is 5.32 Å². The second-order valence-corrected chi connectivity index (χ2v) is 6.17. The first kappa shape index (κ1) is 18.1. The van der Waals surface area contributed by atoms with E-state index in [9.17, 15) is 9.90 Å². The van der Waals surface area contributed by atoms with Crippen molar-refractivity contribution in [3.63, 3.8) is 0 Å². The molecule has 0 bridgehead atoms. The second kappa shape index (κ2) is 8.47. The highest BCUT2D eigenvalue weighted by Gasteiger charge is 2.16. The maximum Gasteiger partial charge on any atom is 0.260 e. The smallest absolute Gasteiger partial charge is 0.260 e. The van der Waals surface area contributed by atoms with Crippen LogP contribution in [-0.2, 0) is 4.79 Å². The summed E-state index contributed by atoms with van der Waals surface area (Å²) < 4.78 is 5.52. The van der Waals surface area contributed by atoms with E-state index in [-0.39, 0.29) is 17.9 Å². The lowest BCUT2D eigenvalue weighted by molar-refractivity contribution is -0.127. The molecule has 1 rings (SSSR count). The van der Waals surface area contributed by atoms with Crippen molar-refractivity contribution < 1.29 is 14.6 Å². The molecule has 0 aliphatic carbocycles. The van der Waals surface area contributed by atoms with Crippen molar-refractivity contribution in [2.24, 2.45) is 5.92 Å². The van der Waals surface area contributed by atoms with Gasteiger partial charge in [0.1, 0.15) is 5.75 Å². The quantitative estimate of drug-likeness (QED) is 0.804. The molecule has 1 amide bonds. The summed E-state index contributed by atoms with van der Waals surface area (Å²) >= 11 is 11.8. The topological polar surface area (TPSA) is 58.6 Å². The zero-order valence-electron chi connectivity index (χ0n) is 12.4. The highest BCUT2D eigenvalue weighted by molar-refractivity contribution is 6.34. The van der Waals surface area contributed by atoms with Crippen LogP contribution in [0, 0.1) is 5.92 Å². The number of rotatable bonds is 7. The van der Waals surface area contributed by atoms with Gasteiger partial charge >= 0.3 is 0 Å². The van der Waals surface area contributed by atoms with Crippen LogP contribution < -0.4 is 10.1 Å². The summed E-state index contributed by atoms with van der Waals surface area (Å²) in [7, 11) is 0. The Labute approximate surface area is 135 Å². The number of carbonyl (C=O) groups excluding carboxylic acids is 1. The van der Waals surface area contributed by atoms with E-state index in [1.807, 2.05) is 6.92 Å². The maximum atomic E-state index is 11.9. The molecule has 0 aromatic heterocycles. The van der Waals surface area contributed by atoms with Crippen LogP contribution in [0.2, 0.25) is 10.0 Å². The standard InChI is InChI=1S/C15H21Cl2NO3/c1-9(4-10(2)19)8-18-15(20)11(3)21-14-6-12(16)5-13(17)7-14/h5-7,9-11,19H,4,8H2,1-3H3,(H,18,20). The summed E-state index contributed by atoms with van der Waals surface area (Å²) in [6.45, 7) is 5.85. The molecular formula is C15H21Cl2NO3. The van der Waals surface area contributed by atoms with E-state index in [0.717, 1.165) is 0 Å². The average molecular weight is 334 g/mol. The summed E-state index contributed by atoms with van der Waals surface area (Å²) in [5.74, 6) is 0.428. The Morgan fingerprint density at radius 3 is 2.33 bits per heavy atom. The first-order valence-electron chi connectivity index (χ1n) is 6.86. The van der Waals surface area contributed by atoms with Crippen molar-refractivity contribution in [3.8, 4) is 5.75 Å². The number of aliphatic hydroxyl groups excluding tert-OH is 1. The largest absolute Gasteiger partial charge is 0.481 e.